The third-order valence-electron chi connectivity index (χ3n) is 7.02. The van der Waals surface area contributed by atoms with E-state index < -0.39 is 11.7 Å². The normalized spacial score (nSPS) is 16.9. The molecule has 0 aliphatic carbocycles. The van der Waals surface area contributed by atoms with Crippen LogP contribution in [0.5, 0.6) is 5.75 Å². The number of amides is 1. The van der Waals surface area contributed by atoms with Crippen molar-refractivity contribution in [3.05, 3.63) is 89.0 Å². The van der Waals surface area contributed by atoms with E-state index in [4.69, 9.17) is 10.5 Å². The molecule has 1 spiro atoms. The monoisotopic (exact) mass is 466 g/mol. The molecule has 1 fully saturated rings. The van der Waals surface area contributed by atoms with Crippen LogP contribution < -0.4 is 10.5 Å². The third kappa shape index (κ3) is 4.05. The highest BCUT2D eigenvalue weighted by molar-refractivity contribution is 5.94. The number of benzene rings is 3. The number of likely N-dealkylation sites (tertiary alicyclic amines) is 1. The molecule has 34 heavy (non-hydrogen) atoms. The maximum atomic E-state index is 13.1. The molecule has 0 aromatic heterocycles. The number of piperidine rings is 1. The Kier molecular flexibility index (Phi) is 5.60. The highest BCUT2D eigenvalue weighted by atomic mass is 19.4. The first kappa shape index (κ1) is 22.5. The number of ether oxygens (including phenoxy) is 1. The predicted molar refractivity (Wildman–Crippen MR) is 124 cm³/mol. The van der Waals surface area contributed by atoms with Crippen molar-refractivity contribution in [1.82, 2.24) is 4.90 Å². The third-order valence-corrected chi connectivity index (χ3v) is 7.02. The lowest BCUT2D eigenvalue weighted by molar-refractivity contribution is -0.137. The van der Waals surface area contributed by atoms with Crippen molar-refractivity contribution in [2.24, 2.45) is 5.73 Å². The molecule has 1 amide bonds. The van der Waals surface area contributed by atoms with E-state index in [1.807, 2.05) is 17.0 Å². The second kappa shape index (κ2) is 8.47. The van der Waals surface area contributed by atoms with Gasteiger partial charge in [0.1, 0.15) is 5.75 Å². The molecule has 1 saturated heterocycles. The number of rotatable bonds is 3. The van der Waals surface area contributed by atoms with Gasteiger partial charge in [0.05, 0.1) is 12.2 Å². The van der Waals surface area contributed by atoms with Crippen LogP contribution >= 0.6 is 0 Å². The van der Waals surface area contributed by atoms with Crippen molar-refractivity contribution in [2.75, 3.05) is 19.7 Å². The van der Waals surface area contributed by atoms with Crippen molar-refractivity contribution >= 4 is 5.91 Å². The van der Waals surface area contributed by atoms with Gasteiger partial charge in [-0.05, 0) is 59.9 Å². The fourth-order valence-electron chi connectivity index (χ4n) is 4.95. The van der Waals surface area contributed by atoms with Gasteiger partial charge in [-0.15, -0.1) is 0 Å². The summed E-state index contributed by atoms with van der Waals surface area (Å²) in [6, 6.07) is 18.1. The molecule has 7 heteroatoms. The second-order valence-corrected chi connectivity index (χ2v) is 9.05. The standard InChI is InChI=1S/C27H25F3N2O2/c28-27(29,30)22-3-1-2-21(15-22)19-5-7-20(8-6-19)25(33)32-12-10-26(11-13-32)17-34-24-9-4-18(16-31)14-23(24)26/h1-9,14-15H,10-13,16-17,31H2. The lowest BCUT2D eigenvalue weighted by Gasteiger charge is -2.38. The molecule has 3 aromatic rings. The summed E-state index contributed by atoms with van der Waals surface area (Å²) in [6.07, 6.45) is -2.78. The zero-order valence-corrected chi connectivity index (χ0v) is 18.6. The number of carbonyl (C=O) groups excluding carboxylic acids is 1. The Balaban J connectivity index is 1.28. The van der Waals surface area contributed by atoms with Crippen LogP contribution in [0.4, 0.5) is 13.2 Å². The Morgan fingerprint density at radius 1 is 0.971 bits per heavy atom. The van der Waals surface area contributed by atoms with Crippen LogP contribution in [-0.2, 0) is 18.1 Å². The molecule has 0 saturated carbocycles. The van der Waals surface area contributed by atoms with E-state index in [0.29, 0.717) is 42.9 Å². The average molecular weight is 467 g/mol. The molecule has 3 aromatic carbocycles. The minimum absolute atomic E-state index is 0.0692. The molecule has 0 unspecified atom stereocenters. The van der Waals surface area contributed by atoms with Gasteiger partial charge >= 0.3 is 6.18 Å². The number of hydrogen-bond donors (Lipinski definition) is 1. The number of nitrogens with zero attached hydrogens (tertiary/aromatic N) is 1. The van der Waals surface area contributed by atoms with Crippen molar-refractivity contribution < 1.29 is 22.7 Å². The van der Waals surface area contributed by atoms with Gasteiger partial charge in [-0.3, -0.25) is 4.79 Å². The Bertz CT molecular complexity index is 1210. The Morgan fingerprint density at radius 2 is 1.71 bits per heavy atom. The molecule has 0 radical (unpaired) electrons. The SMILES string of the molecule is NCc1ccc2c(c1)C1(CCN(C(=O)c3ccc(-c4cccc(C(F)(F)F)c4)cc3)CC1)CO2. The molecule has 2 heterocycles. The molecule has 2 N–H and O–H groups in total. The Hall–Kier alpha value is -3.32. The predicted octanol–water partition coefficient (Wildman–Crippen LogP) is 5.40. The van der Waals surface area contributed by atoms with E-state index in [-0.39, 0.29) is 11.3 Å². The topological polar surface area (TPSA) is 55.6 Å². The lowest BCUT2D eigenvalue weighted by atomic mass is 9.74. The van der Waals surface area contributed by atoms with Crippen molar-refractivity contribution in [2.45, 2.75) is 31.0 Å². The van der Waals surface area contributed by atoms with Gasteiger partial charge in [-0.2, -0.15) is 13.2 Å². The van der Waals surface area contributed by atoms with E-state index >= 15 is 0 Å². The Morgan fingerprint density at radius 3 is 2.38 bits per heavy atom. The quantitative estimate of drug-likeness (QED) is 0.563. The van der Waals surface area contributed by atoms with Gasteiger partial charge in [-0.25, -0.2) is 0 Å². The van der Waals surface area contributed by atoms with E-state index in [2.05, 4.69) is 6.07 Å². The van der Waals surface area contributed by atoms with Crippen LogP contribution in [0.3, 0.4) is 0 Å². The fourth-order valence-corrected chi connectivity index (χ4v) is 4.95. The van der Waals surface area contributed by atoms with Crippen molar-refractivity contribution in [3.63, 3.8) is 0 Å². The molecule has 2 aliphatic heterocycles. The van der Waals surface area contributed by atoms with Crippen molar-refractivity contribution in [1.29, 1.82) is 0 Å². The lowest BCUT2D eigenvalue weighted by Crippen LogP contribution is -2.46. The van der Waals surface area contributed by atoms with Gasteiger partial charge in [0, 0.05) is 36.2 Å². The summed E-state index contributed by atoms with van der Waals surface area (Å²) in [5, 5.41) is 0. The van der Waals surface area contributed by atoms with Gasteiger partial charge in [0.2, 0.25) is 0 Å². The van der Waals surface area contributed by atoms with Crippen LogP contribution in [0.25, 0.3) is 11.1 Å². The summed E-state index contributed by atoms with van der Waals surface area (Å²) < 4.78 is 45.0. The van der Waals surface area contributed by atoms with Gasteiger partial charge in [-0.1, -0.05) is 36.4 Å². The average Bonchev–Trinajstić information content (AvgIpc) is 3.21. The van der Waals surface area contributed by atoms with Crippen LogP contribution in [0.1, 0.15) is 39.9 Å². The zero-order chi connectivity index (χ0) is 23.9. The highest BCUT2D eigenvalue weighted by Crippen LogP contribution is 2.46. The van der Waals surface area contributed by atoms with Crippen LogP contribution in [0, 0.1) is 0 Å². The summed E-state index contributed by atoms with van der Waals surface area (Å²) >= 11 is 0. The molecule has 176 valence electrons. The highest BCUT2D eigenvalue weighted by Gasteiger charge is 2.44. The van der Waals surface area contributed by atoms with Gasteiger partial charge in [0.15, 0.2) is 0 Å². The number of fused-ring (bicyclic) bond motifs is 2. The molecule has 0 atom stereocenters. The van der Waals surface area contributed by atoms with Crippen LogP contribution in [0.2, 0.25) is 0 Å². The molecular weight excluding hydrogens is 441 g/mol. The minimum Gasteiger partial charge on any atom is -0.492 e. The first-order chi connectivity index (χ1) is 16.3. The molecule has 2 aliphatic rings. The van der Waals surface area contributed by atoms with Gasteiger partial charge < -0.3 is 15.4 Å². The number of carbonyl (C=O) groups is 1. The van der Waals surface area contributed by atoms with Crippen LogP contribution in [-0.4, -0.2) is 30.5 Å². The minimum atomic E-state index is -4.39. The van der Waals surface area contributed by atoms with Gasteiger partial charge in [0.25, 0.3) is 5.91 Å². The van der Waals surface area contributed by atoms with E-state index in [0.717, 1.165) is 36.3 Å². The smallest absolute Gasteiger partial charge is 0.416 e. The van der Waals surface area contributed by atoms with E-state index in [1.54, 1.807) is 30.3 Å². The first-order valence-corrected chi connectivity index (χ1v) is 11.3. The molecule has 5 rings (SSSR count). The second-order valence-electron chi connectivity index (χ2n) is 9.05. The molecular formula is C27H25F3N2O2. The molecule has 4 nitrogen and oxygen atoms in total. The fraction of sp³-hybridized carbons (Fsp3) is 0.296. The van der Waals surface area contributed by atoms with E-state index in [1.165, 1.54) is 11.6 Å². The van der Waals surface area contributed by atoms with Crippen LogP contribution in [0.15, 0.2) is 66.7 Å². The number of nitrogens with two attached hydrogens (primary N) is 1. The zero-order valence-electron chi connectivity index (χ0n) is 18.6. The molecule has 0 bridgehead atoms. The number of hydrogen-bond acceptors (Lipinski definition) is 3. The summed E-state index contributed by atoms with van der Waals surface area (Å²) in [7, 11) is 0. The van der Waals surface area contributed by atoms with E-state index in [9.17, 15) is 18.0 Å². The summed E-state index contributed by atoms with van der Waals surface area (Å²) in [5.41, 5.74) is 8.92. The first-order valence-electron chi connectivity index (χ1n) is 11.3. The maximum absolute atomic E-state index is 13.1. The number of halogens is 3. The van der Waals surface area contributed by atoms with Crippen molar-refractivity contribution in [3.8, 4) is 16.9 Å². The number of alkyl halides is 3. The largest absolute Gasteiger partial charge is 0.492 e. The summed E-state index contributed by atoms with van der Waals surface area (Å²) in [5.74, 6) is 0.836. The summed E-state index contributed by atoms with van der Waals surface area (Å²) in [6.45, 7) is 2.32. The summed E-state index contributed by atoms with van der Waals surface area (Å²) in [4.78, 5) is 15.0. The maximum Gasteiger partial charge on any atom is 0.416 e. The Labute approximate surface area is 196 Å².